The summed E-state index contributed by atoms with van der Waals surface area (Å²) in [5.41, 5.74) is 1.57. The Labute approximate surface area is 145 Å². The highest BCUT2D eigenvalue weighted by Gasteiger charge is 2.23. The maximum absolute atomic E-state index is 11.9. The first-order valence-electron chi connectivity index (χ1n) is 6.85. The molecule has 0 unspecified atom stereocenters. The molecule has 0 radical (unpaired) electrons. The molecule has 0 aliphatic heterocycles. The fourth-order valence-corrected chi connectivity index (χ4v) is 4.59. The number of hydrogen-bond donors (Lipinski definition) is 1. The van der Waals surface area contributed by atoms with Gasteiger partial charge in [0.1, 0.15) is 15.9 Å². The van der Waals surface area contributed by atoms with Gasteiger partial charge < -0.3 is 10.1 Å². The van der Waals surface area contributed by atoms with Gasteiger partial charge in [0.15, 0.2) is 6.61 Å². The molecule has 0 aromatic carbocycles. The molecule has 2 heterocycles. The zero-order chi connectivity index (χ0) is 16.4. The van der Waals surface area contributed by atoms with Gasteiger partial charge in [-0.3, -0.25) is 4.79 Å². The van der Waals surface area contributed by atoms with E-state index >= 15 is 0 Å². The summed E-state index contributed by atoms with van der Waals surface area (Å²) in [4.78, 5) is 25.2. The molecule has 0 bridgehead atoms. The van der Waals surface area contributed by atoms with Crippen LogP contribution in [0.25, 0.3) is 0 Å². The number of halogens is 1. The molecule has 1 aliphatic rings. The Kier molecular flexibility index (Phi) is 4.66. The van der Waals surface area contributed by atoms with Crippen LogP contribution >= 0.6 is 34.3 Å². The number of hydrogen-bond acceptors (Lipinski definition) is 6. The number of carbonyl (C=O) groups is 2. The minimum absolute atomic E-state index is 0.343. The minimum Gasteiger partial charge on any atom is -0.451 e. The lowest BCUT2D eigenvalue weighted by atomic mass is 10.1. The van der Waals surface area contributed by atoms with E-state index in [-0.39, 0.29) is 0 Å². The summed E-state index contributed by atoms with van der Waals surface area (Å²) in [5.74, 6) is -1.05. The van der Waals surface area contributed by atoms with Crippen molar-refractivity contribution in [2.75, 3.05) is 11.9 Å². The van der Waals surface area contributed by atoms with Gasteiger partial charge in [0.2, 0.25) is 0 Å². The maximum Gasteiger partial charge on any atom is 0.348 e. The molecule has 0 fully saturated rings. The first kappa shape index (κ1) is 16.0. The van der Waals surface area contributed by atoms with Crippen LogP contribution in [0, 0.1) is 11.3 Å². The van der Waals surface area contributed by atoms with E-state index < -0.39 is 18.5 Å². The topological polar surface area (TPSA) is 79.2 Å². The van der Waals surface area contributed by atoms with E-state index in [0.29, 0.717) is 19.8 Å². The SMILES string of the molecule is N#Cc1c(NC(=O)COC(=O)c2ccc(Cl)s2)sc2c1CCC2. The third-order valence-electron chi connectivity index (χ3n) is 3.39. The number of nitrogens with zero attached hydrogens (tertiary/aromatic N) is 1. The Morgan fingerprint density at radius 2 is 2.17 bits per heavy atom. The average Bonchev–Trinajstić information content (AvgIpc) is 3.20. The van der Waals surface area contributed by atoms with Gasteiger partial charge in [0.05, 0.1) is 9.90 Å². The third-order valence-corrected chi connectivity index (χ3v) is 5.81. The number of esters is 1. The van der Waals surface area contributed by atoms with Gasteiger partial charge in [0.25, 0.3) is 5.91 Å². The minimum atomic E-state index is -0.591. The van der Waals surface area contributed by atoms with Gasteiger partial charge in [0, 0.05) is 4.88 Å². The van der Waals surface area contributed by atoms with Crippen LogP contribution in [0.3, 0.4) is 0 Å². The molecule has 118 valence electrons. The standard InChI is InChI=1S/C15H11ClN2O3S2/c16-12-5-4-11(22-12)15(20)21-7-13(19)18-14-9(6-17)8-2-1-3-10(8)23-14/h4-5H,1-3,7H2,(H,18,19). The molecule has 0 saturated carbocycles. The Morgan fingerprint density at radius 1 is 1.35 bits per heavy atom. The molecule has 3 rings (SSSR count). The van der Waals surface area contributed by atoms with Crippen LogP contribution in [0.2, 0.25) is 4.34 Å². The van der Waals surface area contributed by atoms with Crippen LogP contribution in [0.1, 0.15) is 32.1 Å². The van der Waals surface area contributed by atoms with Crippen molar-refractivity contribution in [3.05, 3.63) is 37.4 Å². The zero-order valence-corrected chi connectivity index (χ0v) is 14.2. The number of thiophene rings is 2. The largest absolute Gasteiger partial charge is 0.451 e. The van der Waals surface area contributed by atoms with Crippen LogP contribution in [0.4, 0.5) is 5.00 Å². The number of nitriles is 1. The lowest BCUT2D eigenvalue weighted by Crippen LogP contribution is -2.20. The van der Waals surface area contributed by atoms with Crippen molar-refractivity contribution in [3.8, 4) is 6.07 Å². The van der Waals surface area contributed by atoms with Crippen molar-refractivity contribution in [3.63, 3.8) is 0 Å². The van der Waals surface area contributed by atoms with E-state index in [0.717, 1.165) is 41.0 Å². The predicted molar refractivity (Wildman–Crippen MR) is 89.3 cm³/mol. The Balaban J connectivity index is 1.60. The van der Waals surface area contributed by atoms with Crippen molar-refractivity contribution >= 4 is 51.2 Å². The van der Waals surface area contributed by atoms with Crippen LogP contribution in [0.5, 0.6) is 0 Å². The number of amides is 1. The summed E-state index contributed by atoms with van der Waals surface area (Å²) in [7, 11) is 0. The van der Waals surface area contributed by atoms with Gasteiger partial charge in [-0.1, -0.05) is 11.6 Å². The van der Waals surface area contributed by atoms with Crippen LogP contribution in [-0.4, -0.2) is 18.5 Å². The summed E-state index contributed by atoms with van der Waals surface area (Å²) in [6.45, 7) is -0.401. The van der Waals surface area contributed by atoms with Gasteiger partial charge in [-0.05, 0) is 37.0 Å². The number of nitrogens with one attached hydrogen (secondary N) is 1. The van der Waals surface area contributed by atoms with E-state index in [1.54, 1.807) is 12.1 Å². The van der Waals surface area contributed by atoms with Crippen molar-refractivity contribution in [1.82, 2.24) is 0 Å². The highest BCUT2D eigenvalue weighted by Crippen LogP contribution is 2.38. The van der Waals surface area contributed by atoms with E-state index in [1.807, 2.05) is 0 Å². The summed E-state index contributed by atoms with van der Waals surface area (Å²) < 4.78 is 5.43. The normalized spacial score (nSPS) is 12.5. The molecule has 1 aliphatic carbocycles. The number of anilines is 1. The summed E-state index contributed by atoms with van der Waals surface area (Å²) in [5, 5.41) is 12.5. The van der Waals surface area contributed by atoms with E-state index in [2.05, 4.69) is 11.4 Å². The summed E-state index contributed by atoms with van der Waals surface area (Å²) in [6, 6.07) is 5.29. The first-order valence-corrected chi connectivity index (χ1v) is 8.86. The van der Waals surface area contributed by atoms with E-state index in [1.165, 1.54) is 11.3 Å². The molecule has 0 saturated heterocycles. The smallest absolute Gasteiger partial charge is 0.348 e. The number of aryl methyl sites for hydroxylation is 1. The van der Waals surface area contributed by atoms with Crippen molar-refractivity contribution in [1.29, 1.82) is 5.26 Å². The highest BCUT2D eigenvalue weighted by atomic mass is 35.5. The summed E-state index contributed by atoms with van der Waals surface area (Å²) in [6.07, 6.45) is 2.86. The van der Waals surface area contributed by atoms with Crippen LogP contribution in [0.15, 0.2) is 12.1 Å². The second-order valence-corrected chi connectivity index (χ2v) is 7.72. The first-order chi connectivity index (χ1) is 11.1. The van der Waals surface area contributed by atoms with Gasteiger partial charge >= 0.3 is 5.97 Å². The monoisotopic (exact) mass is 366 g/mol. The Bertz CT molecular complexity index is 819. The molecule has 1 N–H and O–H groups in total. The molecular formula is C15H11ClN2O3S2. The number of ether oxygens (including phenoxy) is 1. The van der Waals surface area contributed by atoms with Crippen LogP contribution < -0.4 is 5.32 Å². The molecule has 5 nitrogen and oxygen atoms in total. The average molecular weight is 367 g/mol. The Morgan fingerprint density at radius 3 is 2.87 bits per heavy atom. The molecule has 2 aromatic heterocycles. The second kappa shape index (κ2) is 6.71. The number of rotatable bonds is 4. The molecule has 8 heteroatoms. The van der Waals surface area contributed by atoms with Gasteiger partial charge in [-0.15, -0.1) is 22.7 Å². The van der Waals surface area contributed by atoms with E-state index in [9.17, 15) is 14.9 Å². The summed E-state index contributed by atoms with van der Waals surface area (Å²) >= 11 is 8.26. The van der Waals surface area contributed by atoms with E-state index in [4.69, 9.17) is 16.3 Å². The van der Waals surface area contributed by atoms with Crippen molar-refractivity contribution < 1.29 is 14.3 Å². The van der Waals surface area contributed by atoms with Crippen LogP contribution in [-0.2, 0) is 22.4 Å². The molecule has 0 spiro atoms. The van der Waals surface area contributed by atoms with Crippen molar-refractivity contribution in [2.45, 2.75) is 19.3 Å². The van der Waals surface area contributed by atoms with Gasteiger partial charge in [-0.25, -0.2) is 4.79 Å². The molecule has 23 heavy (non-hydrogen) atoms. The molecule has 1 amide bonds. The predicted octanol–water partition coefficient (Wildman–Crippen LogP) is 3.62. The fourth-order valence-electron chi connectivity index (χ4n) is 2.40. The zero-order valence-electron chi connectivity index (χ0n) is 11.8. The number of fused-ring (bicyclic) bond motifs is 1. The number of carbonyl (C=O) groups excluding carboxylic acids is 2. The molecule has 2 aromatic rings. The second-order valence-electron chi connectivity index (χ2n) is 4.90. The molecular weight excluding hydrogens is 356 g/mol. The lowest BCUT2D eigenvalue weighted by molar-refractivity contribution is -0.119. The third kappa shape index (κ3) is 3.39. The van der Waals surface area contributed by atoms with Crippen molar-refractivity contribution in [2.24, 2.45) is 0 Å². The molecule has 0 atom stereocenters. The highest BCUT2D eigenvalue weighted by molar-refractivity contribution is 7.18. The Hall–Kier alpha value is -1.88. The maximum atomic E-state index is 11.9. The quantitative estimate of drug-likeness (QED) is 0.838. The van der Waals surface area contributed by atoms with Gasteiger partial charge in [-0.2, -0.15) is 5.26 Å². The lowest BCUT2D eigenvalue weighted by Gasteiger charge is -2.05. The fraction of sp³-hybridized carbons (Fsp3) is 0.267.